The molecule has 3 heterocycles. The first-order chi connectivity index (χ1) is 12.6. The molecule has 0 N–H and O–H groups in total. The van der Waals surface area contributed by atoms with Crippen LogP contribution in [0.5, 0.6) is 0 Å². The molecule has 0 aliphatic carbocycles. The summed E-state index contributed by atoms with van der Waals surface area (Å²) in [5.74, 6) is 1.31. The van der Waals surface area contributed by atoms with Crippen LogP contribution in [0.2, 0.25) is 5.02 Å². The van der Waals surface area contributed by atoms with Gasteiger partial charge in [-0.15, -0.1) is 0 Å². The lowest BCUT2D eigenvalue weighted by atomic mass is 9.95. The van der Waals surface area contributed by atoms with Crippen LogP contribution in [-0.2, 0) is 11.3 Å². The lowest BCUT2D eigenvalue weighted by Gasteiger charge is -2.38. The quantitative estimate of drug-likeness (QED) is 0.796. The molecule has 6 nitrogen and oxygen atoms in total. The number of fused-ring (bicyclic) bond motifs is 1. The zero-order chi connectivity index (χ0) is 18.1. The van der Waals surface area contributed by atoms with Crippen LogP contribution in [0.25, 0.3) is 0 Å². The van der Waals surface area contributed by atoms with Crippen molar-refractivity contribution in [3.05, 3.63) is 34.9 Å². The molecule has 2 saturated heterocycles. The monoisotopic (exact) mass is 373 g/mol. The lowest BCUT2D eigenvalue weighted by Crippen LogP contribution is -2.51. The molecular formula is C19H24ClN5O. The van der Waals surface area contributed by atoms with E-state index >= 15 is 0 Å². The Morgan fingerprint density at radius 2 is 1.88 bits per heavy atom. The first kappa shape index (κ1) is 17.5. The summed E-state index contributed by atoms with van der Waals surface area (Å²) in [6, 6.07) is 7.98. The van der Waals surface area contributed by atoms with Crippen LogP contribution in [-0.4, -0.2) is 72.2 Å². The Morgan fingerprint density at radius 3 is 2.65 bits per heavy atom. The molecule has 26 heavy (non-hydrogen) atoms. The highest BCUT2D eigenvalue weighted by atomic mass is 35.5. The Balaban J connectivity index is 1.40. The molecule has 0 radical (unpaired) electrons. The van der Waals surface area contributed by atoms with E-state index in [4.69, 9.17) is 16.6 Å². The average Bonchev–Trinajstić information content (AvgIpc) is 2.65. The van der Waals surface area contributed by atoms with Crippen LogP contribution in [0.3, 0.4) is 0 Å². The molecule has 1 amide bonds. The number of piperidine rings is 1. The SMILES string of the molecule is CN1CCCC2C(=O)N=C(N3CCN(Cc4ccccc4Cl)CC3)N=C21. The second-order valence-electron chi connectivity index (χ2n) is 7.19. The molecule has 0 aromatic heterocycles. The van der Waals surface area contributed by atoms with Gasteiger partial charge in [0.2, 0.25) is 5.96 Å². The van der Waals surface area contributed by atoms with Crippen molar-refractivity contribution in [3.8, 4) is 0 Å². The molecule has 0 saturated carbocycles. The molecule has 3 aliphatic heterocycles. The second-order valence-corrected chi connectivity index (χ2v) is 7.60. The summed E-state index contributed by atoms with van der Waals surface area (Å²) >= 11 is 6.27. The Labute approximate surface area is 159 Å². The van der Waals surface area contributed by atoms with Crippen molar-refractivity contribution in [2.75, 3.05) is 39.8 Å². The van der Waals surface area contributed by atoms with Crippen LogP contribution in [0.4, 0.5) is 0 Å². The summed E-state index contributed by atoms with van der Waals surface area (Å²) < 4.78 is 0. The lowest BCUT2D eigenvalue weighted by molar-refractivity contribution is -0.120. The number of carbonyl (C=O) groups excluding carboxylic acids is 1. The Hall–Kier alpha value is -1.92. The maximum Gasteiger partial charge on any atom is 0.259 e. The van der Waals surface area contributed by atoms with Gasteiger partial charge in [-0.2, -0.15) is 9.98 Å². The van der Waals surface area contributed by atoms with Crippen molar-refractivity contribution in [1.29, 1.82) is 0 Å². The minimum atomic E-state index is -0.140. The van der Waals surface area contributed by atoms with Crippen LogP contribution < -0.4 is 0 Å². The van der Waals surface area contributed by atoms with Crippen LogP contribution >= 0.6 is 11.6 Å². The van der Waals surface area contributed by atoms with E-state index in [1.807, 2.05) is 25.2 Å². The van der Waals surface area contributed by atoms with Crippen molar-refractivity contribution in [2.45, 2.75) is 19.4 Å². The molecule has 1 aromatic carbocycles. The number of rotatable bonds is 2. The third-order valence-electron chi connectivity index (χ3n) is 5.42. The highest BCUT2D eigenvalue weighted by Gasteiger charge is 2.35. The van der Waals surface area contributed by atoms with Gasteiger partial charge in [-0.05, 0) is 24.5 Å². The van der Waals surface area contributed by atoms with Crippen molar-refractivity contribution in [1.82, 2.24) is 14.7 Å². The van der Waals surface area contributed by atoms with Gasteiger partial charge in [0.15, 0.2) is 0 Å². The van der Waals surface area contributed by atoms with Gasteiger partial charge in [0.25, 0.3) is 5.91 Å². The van der Waals surface area contributed by atoms with E-state index in [0.29, 0.717) is 5.96 Å². The number of hydrogen-bond acceptors (Lipinski definition) is 5. The second kappa shape index (κ2) is 7.37. The summed E-state index contributed by atoms with van der Waals surface area (Å²) in [6.45, 7) is 5.26. The van der Waals surface area contributed by atoms with Gasteiger partial charge in [0.05, 0.1) is 5.92 Å². The summed E-state index contributed by atoms with van der Waals surface area (Å²) in [5.41, 5.74) is 1.15. The van der Waals surface area contributed by atoms with Crippen molar-refractivity contribution in [3.63, 3.8) is 0 Å². The molecule has 1 atom stereocenters. The number of likely N-dealkylation sites (tertiary alicyclic amines) is 1. The molecule has 4 rings (SSSR count). The fourth-order valence-electron chi connectivity index (χ4n) is 3.86. The predicted molar refractivity (Wildman–Crippen MR) is 104 cm³/mol. The smallest absolute Gasteiger partial charge is 0.259 e. The summed E-state index contributed by atoms with van der Waals surface area (Å²) in [5, 5.41) is 0.815. The van der Waals surface area contributed by atoms with E-state index in [0.717, 1.165) is 68.5 Å². The number of amidine groups is 1. The van der Waals surface area contributed by atoms with Crippen LogP contribution in [0.15, 0.2) is 34.3 Å². The Bertz CT molecular complexity index is 754. The van der Waals surface area contributed by atoms with Gasteiger partial charge >= 0.3 is 0 Å². The normalized spacial score (nSPS) is 24.2. The van der Waals surface area contributed by atoms with Crippen molar-refractivity contribution >= 4 is 29.3 Å². The van der Waals surface area contributed by atoms with E-state index in [1.54, 1.807) is 0 Å². The van der Waals surface area contributed by atoms with Gasteiger partial charge in [0.1, 0.15) is 5.84 Å². The van der Waals surface area contributed by atoms with Gasteiger partial charge in [-0.25, -0.2) is 0 Å². The van der Waals surface area contributed by atoms with Crippen molar-refractivity contribution < 1.29 is 4.79 Å². The summed E-state index contributed by atoms with van der Waals surface area (Å²) in [7, 11) is 2.02. The minimum absolute atomic E-state index is 0.0324. The van der Waals surface area contributed by atoms with Gasteiger partial charge in [-0.3, -0.25) is 9.69 Å². The zero-order valence-electron chi connectivity index (χ0n) is 15.1. The molecule has 2 fully saturated rings. The molecule has 3 aliphatic rings. The number of guanidine groups is 1. The average molecular weight is 374 g/mol. The Kier molecular flexibility index (Phi) is 4.96. The first-order valence-corrected chi connectivity index (χ1v) is 9.62. The number of hydrogen-bond donors (Lipinski definition) is 0. The number of amides is 1. The summed E-state index contributed by atoms with van der Waals surface area (Å²) in [6.07, 6.45) is 1.89. The third kappa shape index (κ3) is 3.48. The van der Waals surface area contributed by atoms with Gasteiger partial charge in [-0.1, -0.05) is 29.8 Å². The van der Waals surface area contributed by atoms with Gasteiger partial charge in [0, 0.05) is 51.3 Å². The molecule has 138 valence electrons. The molecule has 7 heteroatoms. The molecule has 0 bridgehead atoms. The van der Waals surface area contributed by atoms with Crippen LogP contribution in [0, 0.1) is 5.92 Å². The first-order valence-electron chi connectivity index (χ1n) is 9.25. The highest BCUT2D eigenvalue weighted by Crippen LogP contribution is 2.24. The highest BCUT2D eigenvalue weighted by molar-refractivity contribution is 6.31. The Morgan fingerprint density at radius 1 is 1.12 bits per heavy atom. The number of carbonyl (C=O) groups is 1. The molecule has 1 unspecified atom stereocenters. The number of piperazine rings is 1. The fourth-order valence-corrected chi connectivity index (χ4v) is 4.05. The maximum atomic E-state index is 12.4. The zero-order valence-corrected chi connectivity index (χ0v) is 15.8. The standard InChI is InChI=1S/C19H24ClN5O/c1-23-8-4-6-15-17(23)21-19(22-18(15)26)25-11-9-24(10-12-25)13-14-5-2-3-7-16(14)20/h2-3,5,7,15H,4,6,8-13H2,1H3. The van der Waals surface area contributed by atoms with E-state index in [-0.39, 0.29) is 11.8 Å². The van der Waals surface area contributed by atoms with E-state index in [9.17, 15) is 4.79 Å². The van der Waals surface area contributed by atoms with E-state index in [1.165, 1.54) is 0 Å². The molecular weight excluding hydrogens is 350 g/mol. The van der Waals surface area contributed by atoms with E-state index in [2.05, 4.69) is 25.8 Å². The van der Waals surface area contributed by atoms with Crippen molar-refractivity contribution in [2.24, 2.45) is 15.9 Å². The summed E-state index contributed by atoms with van der Waals surface area (Å²) in [4.78, 5) is 28.1. The maximum absolute atomic E-state index is 12.4. The number of aliphatic imine (C=N–C) groups is 2. The largest absolute Gasteiger partial charge is 0.362 e. The molecule has 0 spiro atoms. The van der Waals surface area contributed by atoms with Crippen LogP contribution in [0.1, 0.15) is 18.4 Å². The minimum Gasteiger partial charge on any atom is -0.362 e. The number of benzene rings is 1. The van der Waals surface area contributed by atoms with Gasteiger partial charge < -0.3 is 9.80 Å². The molecule has 1 aromatic rings. The number of halogens is 1. The topological polar surface area (TPSA) is 51.5 Å². The fraction of sp³-hybridized carbons (Fsp3) is 0.526. The third-order valence-corrected chi connectivity index (χ3v) is 5.79. The predicted octanol–water partition coefficient (Wildman–Crippen LogP) is 2.09. The van der Waals surface area contributed by atoms with E-state index < -0.39 is 0 Å². The number of nitrogens with zero attached hydrogens (tertiary/aromatic N) is 5.